The Labute approximate surface area is 118 Å². The summed E-state index contributed by atoms with van der Waals surface area (Å²) in [6.45, 7) is 5.16. The number of hydrogen-bond acceptors (Lipinski definition) is 2. The highest BCUT2D eigenvalue weighted by molar-refractivity contribution is 9.09. The van der Waals surface area contributed by atoms with E-state index in [1.165, 1.54) is 11.1 Å². The van der Waals surface area contributed by atoms with Gasteiger partial charge in [-0.3, -0.25) is 0 Å². The van der Waals surface area contributed by atoms with Gasteiger partial charge in [0.15, 0.2) is 0 Å². The number of alkyl halides is 1. The van der Waals surface area contributed by atoms with Crippen molar-refractivity contribution in [3.05, 3.63) is 29.3 Å². The summed E-state index contributed by atoms with van der Waals surface area (Å²) in [5.74, 6) is 0.986. The van der Waals surface area contributed by atoms with E-state index in [0.29, 0.717) is 6.10 Å². The van der Waals surface area contributed by atoms with Crippen LogP contribution in [0.4, 0.5) is 0 Å². The maximum Gasteiger partial charge on any atom is 0.122 e. The molecule has 2 nitrogen and oxygen atoms in total. The molecular weight excluding hydrogens is 292 g/mol. The normalized spacial score (nSPS) is 27.4. The van der Waals surface area contributed by atoms with Crippen LogP contribution in [-0.2, 0) is 11.2 Å². The van der Waals surface area contributed by atoms with Gasteiger partial charge in [0.2, 0.25) is 0 Å². The Kier molecular flexibility index (Phi) is 4.33. The predicted molar refractivity (Wildman–Crippen MR) is 77.7 cm³/mol. The minimum atomic E-state index is 0.196. The lowest BCUT2D eigenvalue weighted by atomic mass is 9.78. The number of aryl methyl sites for hydroxylation is 1. The number of hydrogen-bond donors (Lipinski definition) is 0. The molecule has 2 unspecified atom stereocenters. The quantitative estimate of drug-likeness (QED) is 0.789. The molecule has 18 heavy (non-hydrogen) atoms. The molecule has 1 fully saturated rings. The Hall–Kier alpha value is -0.540. The van der Waals surface area contributed by atoms with Crippen molar-refractivity contribution < 1.29 is 9.47 Å². The number of benzene rings is 1. The van der Waals surface area contributed by atoms with Crippen LogP contribution in [0.3, 0.4) is 0 Å². The van der Waals surface area contributed by atoms with E-state index in [-0.39, 0.29) is 5.41 Å². The van der Waals surface area contributed by atoms with E-state index in [4.69, 9.17) is 9.47 Å². The second kappa shape index (κ2) is 5.62. The third-order valence-corrected chi connectivity index (χ3v) is 5.19. The van der Waals surface area contributed by atoms with Gasteiger partial charge >= 0.3 is 0 Å². The molecule has 1 aliphatic heterocycles. The molecule has 0 N–H and O–H groups in total. The first kappa shape index (κ1) is 13.9. The van der Waals surface area contributed by atoms with Crippen molar-refractivity contribution in [3.63, 3.8) is 0 Å². The molecular formula is C15H21BrO2. The first-order valence-electron chi connectivity index (χ1n) is 6.42. The zero-order valence-corrected chi connectivity index (χ0v) is 12.9. The molecule has 0 spiro atoms. The summed E-state index contributed by atoms with van der Waals surface area (Å²) in [5, 5.41) is 0.970. The van der Waals surface area contributed by atoms with Crippen LogP contribution in [0.25, 0.3) is 0 Å². The van der Waals surface area contributed by atoms with Gasteiger partial charge in [-0.05, 0) is 38.3 Å². The lowest BCUT2D eigenvalue weighted by Crippen LogP contribution is -2.33. The highest BCUT2D eigenvalue weighted by Gasteiger charge is 2.41. The summed E-state index contributed by atoms with van der Waals surface area (Å²) in [5.41, 5.74) is 2.76. The van der Waals surface area contributed by atoms with Gasteiger partial charge in [-0.1, -0.05) is 33.6 Å². The van der Waals surface area contributed by atoms with Crippen LogP contribution >= 0.6 is 15.9 Å². The third kappa shape index (κ3) is 2.57. The van der Waals surface area contributed by atoms with Gasteiger partial charge in [0, 0.05) is 17.4 Å². The van der Waals surface area contributed by atoms with E-state index < -0.39 is 0 Å². The molecule has 1 saturated heterocycles. The molecule has 2 atom stereocenters. The average molecular weight is 313 g/mol. The van der Waals surface area contributed by atoms with E-state index in [9.17, 15) is 0 Å². The standard InChI is InChI=1S/C15H21BrO2/c1-11-4-5-14(17-3)13(8-11)9-15(10-16)6-7-18-12(15)2/h4-5,8,12H,6-7,9-10H2,1-3H3. The SMILES string of the molecule is COc1ccc(C)cc1CC1(CBr)CCOC1C. The van der Waals surface area contributed by atoms with Crippen molar-refractivity contribution in [2.24, 2.45) is 5.41 Å². The van der Waals surface area contributed by atoms with Crippen molar-refractivity contribution in [1.82, 2.24) is 0 Å². The van der Waals surface area contributed by atoms with E-state index in [1.807, 2.05) is 0 Å². The lowest BCUT2D eigenvalue weighted by molar-refractivity contribution is 0.0744. The number of rotatable bonds is 4. The summed E-state index contributed by atoms with van der Waals surface area (Å²) in [4.78, 5) is 0. The molecule has 0 bridgehead atoms. The van der Waals surface area contributed by atoms with Gasteiger partial charge in [0.25, 0.3) is 0 Å². The third-order valence-electron chi connectivity index (χ3n) is 4.07. The molecule has 0 radical (unpaired) electrons. The number of halogens is 1. The van der Waals surface area contributed by atoms with Gasteiger partial charge in [0.05, 0.1) is 13.2 Å². The first-order chi connectivity index (χ1) is 8.61. The van der Waals surface area contributed by atoms with Gasteiger partial charge in [-0.2, -0.15) is 0 Å². The Morgan fingerprint density at radius 2 is 2.28 bits per heavy atom. The molecule has 100 valence electrons. The minimum absolute atomic E-state index is 0.196. The van der Waals surface area contributed by atoms with Crippen LogP contribution in [0.2, 0.25) is 0 Å². The maximum atomic E-state index is 5.76. The van der Waals surface area contributed by atoms with Crippen LogP contribution in [0.5, 0.6) is 5.75 Å². The minimum Gasteiger partial charge on any atom is -0.496 e. The topological polar surface area (TPSA) is 18.5 Å². The van der Waals surface area contributed by atoms with E-state index >= 15 is 0 Å². The number of ether oxygens (including phenoxy) is 2. The fourth-order valence-electron chi connectivity index (χ4n) is 2.70. The van der Waals surface area contributed by atoms with Crippen molar-refractivity contribution in [2.45, 2.75) is 32.8 Å². The molecule has 2 rings (SSSR count). The van der Waals surface area contributed by atoms with Gasteiger partial charge in [-0.15, -0.1) is 0 Å². The van der Waals surface area contributed by atoms with Crippen molar-refractivity contribution in [3.8, 4) is 5.75 Å². The molecule has 3 heteroatoms. The molecule has 1 aromatic carbocycles. The zero-order chi connectivity index (χ0) is 13.2. The molecule has 1 aliphatic rings. The van der Waals surface area contributed by atoms with E-state index in [1.54, 1.807) is 7.11 Å². The van der Waals surface area contributed by atoms with Crippen LogP contribution in [0, 0.1) is 12.3 Å². The maximum absolute atomic E-state index is 5.76. The largest absolute Gasteiger partial charge is 0.496 e. The summed E-state index contributed by atoms with van der Waals surface area (Å²) < 4.78 is 11.2. The summed E-state index contributed by atoms with van der Waals surface area (Å²) in [6, 6.07) is 6.39. The first-order valence-corrected chi connectivity index (χ1v) is 7.54. The van der Waals surface area contributed by atoms with E-state index in [2.05, 4.69) is 48.0 Å². The lowest BCUT2D eigenvalue weighted by Gasteiger charge is -2.31. The van der Waals surface area contributed by atoms with Gasteiger partial charge in [0.1, 0.15) is 5.75 Å². The Morgan fingerprint density at radius 1 is 1.50 bits per heavy atom. The highest BCUT2D eigenvalue weighted by Crippen LogP contribution is 2.41. The molecule has 0 amide bonds. The van der Waals surface area contributed by atoms with Gasteiger partial charge in [-0.25, -0.2) is 0 Å². The Balaban J connectivity index is 2.29. The second-order valence-electron chi connectivity index (χ2n) is 5.25. The summed E-state index contributed by atoms with van der Waals surface area (Å²) in [7, 11) is 1.74. The predicted octanol–water partition coefficient (Wildman–Crippen LogP) is 3.74. The molecule has 1 aromatic rings. The van der Waals surface area contributed by atoms with E-state index in [0.717, 1.165) is 30.5 Å². The monoisotopic (exact) mass is 312 g/mol. The summed E-state index contributed by atoms with van der Waals surface area (Å²) in [6.07, 6.45) is 2.41. The molecule has 0 aliphatic carbocycles. The van der Waals surface area contributed by atoms with Crippen molar-refractivity contribution in [2.75, 3.05) is 19.0 Å². The fourth-order valence-corrected chi connectivity index (χ4v) is 3.63. The second-order valence-corrected chi connectivity index (χ2v) is 5.81. The zero-order valence-electron chi connectivity index (χ0n) is 11.3. The van der Waals surface area contributed by atoms with Crippen LogP contribution in [0.15, 0.2) is 18.2 Å². The van der Waals surface area contributed by atoms with Crippen molar-refractivity contribution >= 4 is 15.9 Å². The summed E-state index contributed by atoms with van der Waals surface area (Å²) >= 11 is 3.68. The van der Waals surface area contributed by atoms with Crippen LogP contribution in [0.1, 0.15) is 24.5 Å². The molecule has 0 aromatic heterocycles. The van der Waals surface area contributed by atoms with Crippen LogP contribution in [-0.4, -0.2) is 25.2 Å². The van der Waals surface area contributed by atoms with Crippen molar-refractivity contribution in [1.29, 1.82) is 0 Å². The Bertz CT molecular complexity index is 419. The molecule has 1 heterocycles. The van der Waals surface area contributed by atoms with Gasteiger partial charge < -0.3 is 9.47 Å². The smallest absolute Gasteiger partial charge is 0.122 e. The highest BCUT2D eigenvalue weighted by atomic mass is 79.9. The number of methoxy groups -OCH3 is 1. The Morgan fingerprint density at radius 3 is 2.83 bits per heavy atom. The molecule has 0 saturated carbocycles. The van der Waals surface area contributed by atoms with Crippen LogP contribution < -0.4 is 4.74 Å². The average Bonchev–Trinajstić information content (AvgIpc) is 2.72. The fraction of sp³-hybridized carbons (Fsp3) is 0.600.